The second kappa shape index (κ2) is 8.74. The summed E-state index contributed by atoms with van der Waals surface area (Å²) >= 11 is 0. The molecule has 0 saturated carbocycles. The Labute approximate surface area is 85.4 Å². The van der Waals surface area contributed by atoms with Gasteiger partial charge in [0.05, 0.1) is 0 Å². The molecule has 6 heteroatoms. The van der Waals surface area contributed by atoms with Gasteiger partial charge in [0, 0.05) is 33.9 Å². The van der Waals surface area contributed by atoms with Gasteiger partial charge in [-0.05, 0) is 13.3 Å². The molecule has 0 aliphatic heterocycles. The third kappa shape index (κ3) is 7.78. The third-order valence-electron chi connectivity index (χ3n) is 1.39. The lowest BCUT2D eigenvalue weighted by Gasteiger charge is -2.14. The zero-order chi connectivity index (χ0) is 10.8. The Kier molecular flexibility index (Phi) is 8.20. The number of rotatable bonds is 6. The molecule has 4 N–H and O–H groups in total. The average Bonchev–Trinajstić information content (AvgIpc) is 2.15. The van der Waals surface area contributed by atoms with Crippen molar-refractivity contribution >= 4 is 5.96 Å². The van der Waals surface area contributed by atoms with E-state index in [1.165, 1.54) is 0 Å². The van der Waals surface area contributed by atoms with Crippen molar-refractivity contribution in [2.24, 2.45) is 10.8 Å². The van der Waals surface area contributed by atoms with Gasteiger partial charge in [0.2, 0.25) is 5.96 Å². The molecule has 0 atom stereocenters. The van der Waals surface area contributed by atoms with Crippen molar-refractivity contribution in [1.82, 2.24) is 15.9 Å². The number of hydrazine groups is 2. The zero-order valence-electron chi connectivity index (χ0n) is 9.21. The minimum atomic E-state index is 0.562. The van der Waals surface area contributed by atoms with Gasteiger partial charge >= 0.3 is 0 Å². The Morgan fingerprint density at radius 1 is 1.50 bits per heavy atom. The molecule has 0 bridgehead atoms. The van der Waals surface area contributed by atoms with Gasteiger partial charge < -0.3 is 4.74 Å². The number of guanidine groups is 1. The molecular formula is C8H21N5O. The van der Waals surface area contributed by atoms with Crippen molar-refractivity contribution < 1.29 is 4.74 Å². The summed E-state index contributed by atoms with van der Waals surface area (Å²) in [4.78, 5) is 4.20. The molecule has 0 radical (unpaired) electrons. The van der Waals surface area contributed by atoms with Gasteiger partial charge in [0.25, 0.3) is 0 Å². The van der Waals surface area contributed by atoms with Gasteiger partial charge in [0.15, 0.2) is 0 Å². The summed E-state index contributed by atoms with van der Waals surface area (Å²) < 4.78 is 5.18. The lowest BCUT2D eigenvalue weighted by atomic mass is 10.5. The standard InChI is InChI=1S/C8H21N5O/c1-4-14-7-5-6-10-8(11-9)12-13(2)3/h4-7,9H2,1-3H3,(H2,10,11,12). The van der Waals surface area contributed by atoms with Crippen LogP contribution >= 0.6 is 0 Å². The Bertz CT molecular complexity index is 160. The van der Waals surface area contributed by atoms with Gasteiger partial charge in [-0.1, -0.05) is 0 Å². The molecule has 0 amide bonds. The Balaban J connectivity index is 3.59. The van der Waals surface area contributed by atoms with Crippen LogP contribution in [0, 0.1) is 0 Å². The first-order valence-electron chi connectivity index (χ1n) is 4.73. The molecule has 14 heavy (non-hydrogen) atoms. The predicted octanol–water partition coefficient (Wildman–Crippen LogP) is -0.701. The number of hydrogen-bond acceptors (Lipinski definition) is 4. The van der Waals surface area contributed by atoms with Gasteiger partial charge in [-0.15, -0.1) is 0 Å². The first-order chi connectivity index (χ1) is 6.70. The van der Waals surface area contributed by atoms with Crippen molar-refractivity contribution in [1.29, 1.82) is 0 Å². The van der Waals surface area contributed by atoms with Crippen LogP contribution in [0.2, 0.25) is 0 Å². The fourth-order valence-electron chi connectivity index (χ4n) is 0.827. The van der Waals surface area contributed by atoms with Crippen molar-refractivity contribution in [3.8, 4) is 0 Å². The molecular weight excluding hydrogens is 182 g/mol. The number of aliphatic imine (C=N–C) groups is 1. The third-order valence-corrected chi connectivity index (χ3v) is 1.39. The summed E-state index contributed by atoms with van der Waals surface area (Å²) in [6.45, 7) is 4.16. The van der Waals surface area contributed by atoms with Crippen molar-refractivity contribution in [3.05, 3.63) is 0 Å². The number of nitrogens with one attached hydrogen (secondary N) is 2. The maximum atomic E-state index is 5.26. The first-order valence-corrected chi connectivity index (χ1v) is 4.73. The molecule has 6 nitrogen and oxygen atoms in total. The number of ether oxygens (including phenoxy) is 1. The second-order valence-corrected chi connectivity index (χ2v) is 2.93. The van der Waals surface area contributed by atoms with Crippen LogP contribution < -0.4 is 16.7 Å². The summed E-state index contributed by atoms with van der Waals surface area (Å²) in [5, 5.41) is 1.77. The molecule has 0 saturated heterocycles. The van der Waals surface area contributed by atoms with Crippen LogP contribution in [-0.2, 0) is 4.74 Å². The van der Waals surface area contributed by atoms with E-state index in [1.54, 1.807) is 5.01 Å². The van der Waals surface area contributed by atoms with E-state index >= 15 is 0 Å². The molecule has 0 aliphatic rings. The number of hydrogen-bond donors (Lipinski definition) is 3. The second-order valence-electron chi connectivity index (χ2n) is 2.93. The van der Waals surface area contributed by atoms with E-state index in [4.69, 9.17) is 10.6 Å². The van der Waals surface area contributed by atoms with E-state index in [2.05, 4.69) is 15.8 Å². The Morgan fingerprint density at radius 2 is 2.21 bits per heavy atom. The Hall–Kier alpha value is -0.850. The van der Waals surface area contributed by atoms with E-state index in [0.717, 1.165) is 19.6 Å². The predicted molar refractivity (Wildman–Crippen MR) is 57.6 cm³/mol. The summed E-state index contributed by atoms with van der Waals surface area (Å²) in [5.74, 6) is 5.82. The van der Waals surface area contributed by atoms with Crippen molar-refractivity contribution in [2.45, 2.75) is 13.3 Å². The lowest BCUT2D eigenvalue weighted by Crippen LogP contribution is -2.47. The molecule has 0 aromatic rings. The fourth-order valence-corrected chi connectivity index (χ4v) is 0.827. The number of nitrogens with zero attached hydrogens (tertiary/aromatic N) is 2. The number of nitrogens with two attached hydrogens (primary N) is 1. The zero-order valence-corrected chi connectivity index (χ0v) is 9.21. The van der Waals surface area contributed by atoms with Crippen LogP contribution in [-0.4, -0.2) is 44.8 Å². The van der Waals surface area contributed by atoms with Crippen LogP contribution in [0.4, 0.5) is 0 Å². The molecule has 0 heterocycles. The highest BCUT2D eigenvalue weighted by Gasteiger charge is 1.95. The van der Waals surface area contributed by atoms with Gasteiger partial charge in [0.1, 0.15) is 0 Å². The van der Waals surface area contributed by atoms with E-state index in [9.17, 15) is 0 Å². The largest absolute Gasteiger partial charge is 0.382 e. The maximum Gasteiger partial charge on any atom is 0.220 e. The minimum Gasteiger partial charge on any atom is -0.382 e. The normalized spacial score (nSPS) is 11.9. The summed E-state index contributed by atoms with van der Waals surface area (Å²) in [5.41, 5.74) is 5.41. The highest BCUT2D eigenvalue weighted by molar-refractivity contribution is 5.78. The van der Waals surface area contributed by atoms with Crippen molar-refractivity contribution in [2.75, 3.05) is 33.9 Å². The van der Waals surface area contributed by atoms with Crippen LogP contribution in [0.5, 0.6) is 0 Å². The van der Waals surface area contributed by atoms with E-state index in [0.29, 0.717) is 12.5 Å². The summed E-state index contributed by atoms with van der Waals surface area (Å²) in [7, 11) is 3.74. The molecule has 0 aromatic carbocycles. The van der Waals surface area contributed by atoms with Crippen LogP contribution in [0.15, 0.2) is 4.99 Å². The molecule has 0 spiro atoms. The Morgan fingerprint density at radius 3 is 2.71 bits per heavy atom. The lowest BCUT2D eigenvalue weighted by molar-refractivity contribution is 0.146. The monoisotopic (exact) mass is 203 g/mol. The SMILES string of the molecule is CCOCCCN=C(NN)NN(C)C. The molecule has 0 unspecified atom stereocenters. The minimum absolute atomic E-state index is 0.562. The van der Waals surface area contributed by atoms with E-state index in [1.807, 2.05) is 21.0 Å². The topological polar surface area (TPSA) is 74.9 Å². The molecule has 0 fully saturated rings. The summed E-state index contributed by atoms with van der Waals surface area (Å²) in [6.07, 6.45) is 0.897. The van der Waals surface area contributed by atoms with Crippen molar-refractivity contribution in [3.63, 3.8) is 0 Å². The molecule has 0 aliphatic carbocycles. The molecule has 0 aromatic heterocycles. The van der Waals surface area contributed by atoms with Crippen LogP contribution in [0.3, 0.4) is 0 Å². The average molecular weight is 203 g/mol. The highest BCUT2D eigenvalue weighted by atomic mass is 16.5. The molecule has 0 rings (SSSR count). The smallest absolute Gasteiger partial charge is 0.220 e. The van der Waals surface area contributed by atoms with Gasteiger partial charge in [-0.25, -0.2) is 10.9 Å². The summed E-state index contributed by atoms with van der Waals surface area (Å²) in [6, 6.07) is 0. The van der Waals surface area contributed by atoms with Crippen LogP contribution in [0.25, 0.3) is 0 Å². The fraction of sp³-hybridized carbons (Fsp3) is 0.875. The van der Waals surface area contributed by atoms with E-state index < -0.39 is 0 Å². The van der Waals surface area contributed by atoms with Gasteiger partial charge in [-0.2, -0.15) is 0 Å². The molecule has 84 valence electrons. The maximum absolute atomic E-state index is 5.26. The first kappa shape index (κ1) is 13.2. The van der Waals surface area contributed by atoms with E-state index in [-0.39, 0.29) is 0 Å². The highest BCUT2D eigenvalue weighted by Crippen LogP contribution is 1.84. The van der Waals surface area contributed by atoms with Gasteiger partial charge in [-0.3, -0.25) is 15.8 Å². The quantitative estimate of drug-likeness (QED) is 0.175. The van der Waals surface area contributed by atoms with Crippen LogP contribution in [0.1, 0.15) is 13.3 Å².